The van der Waals surface area contributed by atoms with Crippen molar-refractivity contribution < 1.29 is 28.5 Å². The lowest BCUT2D eigenvalue weighted by Gasteiger charge is -2.09. The fraction of sp³-hybridized carbons (Fsp3) is 0.308. The molecule has 0 aliphatic rings. The molecule has 0 atom stereocenters. The topological polar surface area (TPSA) is 88.1 Å². The first-order valence-corrected chi connectivity index (χ1v) is 5.56. The van der Waals surface area contributed by atoms with Gasteiger partial charge < -0.3 is 18.9 Å². The summed E-state index contributed by atoms with van der Waals surface area (Å²) in [6, 6.07) is 2.65. The van der Waals surface area contributed by atoms with Crippen LogP contribution in [0.15, 0.2) is 16.9 Å². The molecule has 0 aliphatic heterocycles. The Bertz CT molecular complexity index is 539. The van der Waals surface area contributed by atoms with Crippen molar-refractivity contribution in [2.45, 2.75) is 13.2 Å². The van der Waals surface area contributed by atoms with Crippen molar-refractivity contribution in [1.82, 2.24) is 0 Å². The van der Waals surface area contributed by atoms with Gasteiger partial charge in [0.25, 0.3) is 12.9 Å². The molecule has 0 saturated heterocycles. The minimum absolute atomic E-state index is 0.0603. The predicted octanol–water partition coefficient (Wildman–Crippen LogP) is 0.410. The summed E-state index contributed by atoms with van der Waals surface area (Å²) in [6.45, 7) is 0.285. The number of methoxy groups -OCH3 is 2. The first-order valence-electron chi connectivity index (χ1n) is 5.56. The molecule has 20 heavy (non-hydrogen) atoms. The van der Waals surface area contributed by atoms with Gasteiger partial charge in [0, 0.05) is 11.1 Å². The van der Waals surface area contributed by atoms with E-state index in [0.717, 1.165) is 0 Å². The lowest BCUT2D eigenvalue weighted by atomic mass is 10.2. The summed E-state index contributed by atoms with van der Waals surface area (Å²) < 4.78 is 19.5. The quantitative estimate of drug-likeness (QED) is 0.638. The Morgan fingerprint density at radius 3 is 1.95 bits per heavy atom. The Morgan fingerprint density at radius 1 is 0.950 bits per heavy atom. The zero-order valence-electron chi connectivity index (χ0n) is 11.1. The van der Waals surface area contributed by atoms with Gasteiger partial charge >= 0.3 is 0 Å². The molecule has 0 N–H and O–H groups in total. The largest absolute Gasteiger partial charge is 0.496 e. The van der Waals surface area contributed by atoms with E-state index in [1.54, 1.807) is 0 Å². The standard InChI is InChI=1S/C13H14O7/c1-17-12-4-10(6-20-8-15)13(18-2)9(3-11(12)16)5-19-7-14/h3-4,7-8H,5-6H2,1-2H3. The van der Waals surface area contributed by atoms with E-state index in [1.807, 2.05) is 0 Å². The van der Waals surface area contributed by atoms with Gasteiger partial charge in [-0.05, 0) is 12.1 Å². The molecular formula is C13H14O7. The molecule has 0 saturated carbocycles. The third-order valence-corrected chi connectivity index (χ3v) is 2.47. The van der Waals surface area contributed by atoms with Crippen LogP contribution in [0.4, 0.5) is 0 Å². The monoisotopic (exact) mass is 282 g/mol. The minimum Gasteiger partial charge on any atom is -0.496 e. The van der Waals surface area contributed by atoms with Gasteiger partial charge in [-0.3, -0.25) is 14.4 Å². The second kappa shape index (κ2) is 7.78. The average Bonchev–Trinajstić information content (AvgIpc) is 2.58. The number of hydrogen-bond acceptors (Lipinski definition) is 7. The van der Waals surface area contributed by atoms with Crippen LogP contribution in [0.3, 0.4) is 0 Å². The summed E-state index contributed by atoms with van der Waals surface area (Å²) in [5, 5.41) is 0. The fourth-order valence-corrected chi connectivity index (χ4v) is 1.68. The fourth-order valence-electron chi connectivity index (χ4n) is 1.68. The molecule has 0 unspecified atom stereocenters. The van der Waals surface area contributed by atoms with E-state index >= 15 is 0 Å². The van der Waals surface area contributed by atoms with E-state index in [-0.39, 0.29) is 37.7 Å². The maximum Gasteiger partial charge on any atom is 0.293 e. The maximum absolute atomic E-state index is 11.9. The Morgan fingerprint density at radius 2 is 1.50 bits per heavy atom. The van der Waals surface area contributed by atoms with E-state index in [0.29, 0.717) is 11.1 Å². The van der Waals surface area contributed by atoms with Crippen molar-refractivity contribution in [3.63, 3.8) is 0 Å². The summed E-state index contributed by atoms with van der Waals surface area (Å²) in [5.74, 6) is 0.347. The van der Waals surface area contributed by atoms with E-state index in [9.17, 15) is 14.4 Å². The maximum atomic E-state index is 11.9. The summed E-state index contributed by atoms with van der Waals surface area (Å²) in [6.07, 6.45) is 0. The molecule has 0 amide bonds. The van der Waals surface area contributed by atoms with Crippen LogP contribution in [0.2, 0.25) is 0 Å². The summed E-state index contributed by atoms with van der Waals surface area (Å²) in [7, 11) is 2.73. The molecule has 0 heterocycles. The lowest BCUT2D eigenvalue weighted by Crippen LogP contribution is -2.02. The van der Waals surface area contributed by atoms with Crippen molar-refractivity contribution in [3.8, 4) is 11.5 Å². The highest BCUT2D eigenvalue weighted by atomic mass is 16.5. The zero-order chi connectivity index (χ0) is 15.0. The Hall–Kier alpha value is -2.57. The molecule has 0 radical (unpaired) electrons. The molecule has 0 aromatic heterocycles. The molecule has 7 nitrogen and oxygen atoms in total. The summed E-state index contributed by atoms with van der Waals surface area (Å²) in [5.41, 5.74) is 0.355. The van der Waals surface area contributed by atoms with Crippen LogP contribution in [-0.2, 0) is 32.3 Å². The van der Waals surface area contributed by atoms with Crippen molar-refractivity contribution in [2.24, 2.45) is 0 Å². The van der Waals surface area contributed by atoms with Gasteiger partial charge in [0.05, 0.1) is 14.2 Å². The average molecular weight is 282 g/mol. The van der Waals surface area contributed by atoms with Crippen molar-refractivity contribution in [2.75, 3.05) is 14.2 Å². The van der Waals surface area contributed by atoms with Gasteiger partial charge in [0.15, 0.2) is 5.75 Å². The van der Waals surface area contributed by atoms with Gasteiger partial charge in [-0.2, -0.15) is 0 Å². The smallest absolute Gasteiger partial charge is 0.293 e. The number of ether oxygens (including phenoxy) is 4. The van der Waals surface area contributed by atoms with Gasteiger partial charge in [-0.15, -0.1) is 0 Å². The molecule has 7 heteroatoms. The number of rotatable bonds is 8. The SMILES string of the molecule is COc1c(COC=O)cc(OC)c(=O)cc1COC=O. The molecule has 108 valence electrons. The zero-order valence-corrected chi connectivity index (χ0v) is 11.1. The molecule has 0 bridgehead atoms. The highest BCUT2D eigenvalue weighted by molar-refractivity contribution is 5.46. The Kier molecular flexibility index (Phi) is 6.02. The van der Waals surface area contributed by atoms with Crippen molar-refractivity contribution in [3.05, 3.63) is 33.5 Å². The van der Waals surface area contributed by atoms with E-state index in [1.165, 1.54) is 26.4 Å². The first-order chi connectivity index (χ1) is 9.67. The van der Waals surface area contributed by atoms with E-state index < -0.39 is 5.43 Å². The van der Waals surface area contributed by atoms with Gasteiger partial charge in [0.1, 0.15) is 19.0 Å². The Balaban J connectivity index is 3.45. The van der Waals surface area contributed by atoms with Crippen LogP contribution in [0.25, 0.3) is 0 Å². The van der Waals surface area contributed by atoms with Crippen LogP contribution in [0.5, 0.6) is 11.5 Å². The minimum atomic E-state index is -0.410. The molecule has 1 aromatic rings. The van der Waals surface area contributed by atoms with Gasteiger partial charge in [-0.1, -0.05) is 0 Å². The predicted molar refractivity (Wildman–Crippen MR) is 67.5 cm³/mol. The third-order valence-electron chi connectivity index (χ3n) is 2.47. The van der Waals surface area contributed by atoms with Crippen molar-refractivity contribution >= 4 is 12.9 Å². The number of hydrogen-bond donors (Lipinski definition) is 0. The molecule has 1 rings (SSSR count). The van der Waals surface area contributed by atoms with Crippen LogP contribution in [0.1, 0.15) is 11.1 Å². The molecule has 1 aromatic carbocycles. The molecule has 0 spiro atoms. The highest BCUT2D eigenvalue weighted by Crippen LogP contribution is 2.25. The second-order valence-corrected chi connectivity index (χ2v) is 3.62. The van der Waals surface area contributed by atoms with E-state index in [4.69, 9.17) is 9.47 Å². The molecule has 0 fully saturated rings. The van der Waals surface area contributed by atoms with Crippen LogP contribution < -0.4 is 14.9 Å². The van der Waals surface area contributed by atoms with Gasteiger partial charge in [-0.25, -0.2) is 0 Å². The molecule has 0 aliphatic carbocycles. The van der Waals surface area contributed by atoms with Crippen molar-refractivity contribution in [1.29, 1.82) is 0 Å². The second-order valence-electron chi connectivity index (χ2n) is 3.62. The van der Waals surface area contributed by atoms with Crippen LogP contribution >= 0.6 is 0 Å². The summed E-state index contributed by atoms with van der Waals surface area (Å²) in [4.78, 5) is 32.5. The Labute approximate surface area is 115 Å². The van der Waals surface area contributed by atoms with Gasteiger partial charge in [0.2, 0.25) is 5.43 Å². The number of carbonyl (C=O) groups is 2. The van der Waals surface area contributed by atoms with E-state index in [2.05, 4.69) is 9.47 Å². The van der Waals surface area contributed by atoms with Crippen LogP contribution in [0, 0.1) is 0 Å². The third kappa shape index (κ3) is 3.71. The van der Waals surface area contributed by atoms with Crippen LogP contribution in [-0.4, -0.2) is 27.2 Å². The molecular weight excluding hydrogens is 268 g/mol. The highest BCUT2D eigenvalue weighted by Gasteiger charge is 2.13. The lowest BCUT2D eigenvalue weighted by molar-refractivity contribution is -0.130. The normalized spacial score (nSPS) is 9.50. The first kappa shape index (κ1) is 15.5. The number of carbonyl (C=O) groups excluding carboxylic acids is 2. The summed E-state index contributed by atoms with van der Waals surface area (Å²) >= 11 is 0.